The highest BCUT2D eigenvalue weighted by Gasteiger charge is 2.30. The Morgan fingerprint density at radius 3 is 2.69 bits per heavy atom. The van der Waals surface area contributed by atoms with Crippen LogP contribution in [0.15, 0.2) is 29.3 Å². The van der Waals surface area contributed by atoms with Crippen LogP contribution in [0.4, 0.5) is 5.69 Å². The van der Waals surface area contributed by atoms with Gasteiger partial charge in [-0.15, -0.1) is 24.0 Å². The van der Waals surface area contributed by atoms with E-state index in [1.165, 1.54) is 19.3 Å². The van der Waals surface area contributed by atoms with Crippen LogP contribution < -0.4 is 10.6 Å². The van der Waals surface area contributed by atoms with Crippen LogP contribution in [0.2, 0.25) is 0 Å². The number of benzene rings is 1. The number of rotatable bonds is 6. The van der Waals surface area contributed by atoms with Gasteiger partial charge in [-0.1, -0.05) is 25.0 Å². The summed E-state index contributed by atoms with van der Waals surface area (Å²) in [7, 11) is 0. The fraction of sp³-hybridized carbons (Fsp3) is 0.667. The number of aliphatic imine (C=N–C) groups is 1. The molecule has 3 aliphatic rings. The van der Waals surface area contributed by atoms with E-state index in [9.17, 15) is 4.79 Å². The van der Waals surface area contributed by atoms with E-state index in [0.29, 0.717) is 12.6 Å². The first-order valence-corrected chi connectivity index (χ1v) is 12.0. The zero-order valence-corrected chi connectivity index (χ0v) is 21.6. The third-order valence-corrected chi connectivity index (χ3v) is 6.69. The summed E-state index contributed by atoms with van der Waals surface area (Å²) in [6, 6.07) is 8.70. The van der Waals surface area contributed by atoms with Gasteiger partial charge < -0.3 is 20.3 Å². The molecule has 1 aliphatic carbocycles. The molecule has 2 aliphatic heterocycles. The molecule has 3 fully saturated rings. The van der Waals surface area contributed by atoms with E-state index >= 15 is 0 Å². The van der Waals surface area contributed by atoms with E-state index in [2.05, 4.69) is 39.5 Å². The van der Waals surface area contributed by atoms with Crippen LogP contribution in [-0.2, 0) is 16.1 Å². The normalized spacial score (nSPS) is 22.6. The van der Waals surface area contributed by atoms with E-state index in [0.717, 1.165) is 76.0 Å². The first-order chi connectivity index (χ1) is 15.2. The summed E-state index contributed by atoms with van der Waals surface area (Å²) >= 11 is 0. The molecule has 0 aromatic heterocycles. The second-order valence-corrected chi connectivity index (χ2v) is 8.88. The predicted molar refractivity (Wildman–Crippen MR) is 140 cm³/mol. The number of guanidine groups is 1. The molecule has 32 heavy (non-hydrogen) atoms. The highest BCUT2D eigenvalue weighted by Crippen LogP contribution is 2.26. The van der Waals surface area contributed by atoms with Gasteiger partial charge in [-0.25, -0.2) is 4.99 Å². The highest BCUT2D eigenvalue weighted by atomic mass is 127. The molecule has 4 rings (SSSR count). The second kappa shape index (κ2) is 12.7. The van der Waals surface area contributed by atoms with Crippen LogP contribution in [0.3, 0.4) is 0 Å². The summed E-state index contributed by atoms with van der Waals surface area (Å²) in [6.45, 7) is 9.38. The quantitative estimate of drug-likeness (QED) is 0.321. The zero-order valence-electron chi connectivity index (χ0n) is 19.2. The number of anilines is 1. The van der Waals surface area contributed by atoms with Crippen molar-refractivity contribution in [3.8, 4) is 0 Å². The van der Waals surface area contributed by atoms with Crippen molar-refractivity contribution in [3.63, 3.8) is 0 Å². The highest BCUT2D eigenvalue weighted by molar-refractivity contribution is 14.0. The molecule has 7 nitrogen and oxygen atoms in total. The maximum absolute atomic E-state index is 12.4. The number of nitrogens with one attached hydrogen (secondary N) is 2. The monoisotopic (exact) mass is 555 g/mol. The number of ether oxygens (including phenoxy) is 1. The van der Waals surface area contributed by atoms with Gasteiger partial charge in [0, 0.05) is 50.4 Å². The van der Waals surface area contributed by atoms with Gasteiger partial charge in [0.1, 0.15) is 0 Å². The number of nitrogens with zero attached hydrogens (tertiary/aromatic N) is 3. The first-order valence-electron chi connectivity index (χ1n) is 12.0. The Labute approximate surface area is 209 Å². The summed E-state index contributed by atoms with van der Waals surface area (Å²) in [4.78, 5) is 22.3. The summed E-state index contributed by atoms with van der Waals surface area (Å²) in [6.07, 6.45) is 5.55. The number of hydrogen-bond acceptors (Lipinski definition) is 4. The van der Waals surface area contributed by atoms with Crippen LogP contribution in [0.5, 0.6) is 0 Å². The molecule has 1 atom stereocenters. The SMILES string of the molecule is CCNC(=NCc1cccc(NC(=O)C2CCCC2)c1)N1CCC(N2CCOCC2)C1.I. The maximum atomic E-state index is 12.4. The predicted octanol–water partition coefficient (Wildman–Crippen LogP) is 3.31. The number of carbonyl (C=O) groups excluding carboxylic acids is 1. The molecule has 1 unspecified atom stereocenters. The van der Waals surface area contributed by atoms with Crippen LogP contribution in [0.25, 0.3) is 0 Å². The Morgan fingerprint density at radius 1 is 1.16 bits per heavy atom. The summed E-state index contributed by atoms with van der Waals surface area (Å²) in [5.41, 5.74) is 1.99. The van der Waals surface area contributed by atoms with Gasteiger partial charge in [0.15, 0.2) is 5.96 Å². The topological polar surface area (TPSA) is 69.2 Å². The Hall–Kier alpha value is -1.39. The third-order valence-electron chi connectivity index (χ3n) is 6.69. The molecule has 1 aromatic carbocycles. The number of likely N-dealkylation sites (tertiary alicyclic amines) is 1. The molecule has 1 amide bonds. The molecule has 8 heteroatoms. The number of amides is 1. The minimum absolute atomic E-state index is 0. The second-order valence-electron chi connectivity index (χ2n) is 8.88. The van der Waals surface area contributed by atoms with E-state index in [4.69, 9.17) is 9.73 Å². The van der Waals surface area contributed by atoms with E-state index in [1.807, 2.05) is 12.1 Å². The third kappa shape index (κ3) is 6.81. The Balaban J connectivity index is 0.00000289. The van der Waals surface area contributed by atoms with Gasteiger partial charge in [0.25, 0.3) is 0 Å². The number of carbonyl (C=O) groups is 1. The smallest absolute Gasteiger partial charge is 0.227 e. The lowest BCUT2D eigenvalue weighted by Crippen LogP contribution is -2.46. The lowest BCUT2D eigenvalue weighted by atomic mass is 10.1. The molecule has 2 saturated heterocycles. The van der Waals surface area contributed by atoms with Crippen molar-refractivity contribution in [1.82, 2.24) is 15.1 Å². The standard InChI is InChI=1S/C24H37N5O2.HI/c1-2-25-24(29-11-10-22(18-29)28-12-14-31-15-13-28)26-17-19-6-5-9-21(16-19)27-23(30)20-7-3-4-8-20;/h5-6,9,16,20,22H,2-4,7-8,10-15,17-18H2,1H3,(H,25,26)(H,27,30);1H. The van der Waals surface area contributed by atoms with Crippen molar-refractivity contribution in [2.75, 3.05) is 51.3 Å². The maximum Gasteiger partial charge on any atom is 0.227 e. The van der Waals surface area contributed by atoms with Crippen LogP contribution in [-0.4, -0.2) is 73.6 Å². The Morgan fingerprint density at radius 2 is 1.94 bits per heavy atom. The number of hydrogen-bond donors (Lipinski definition) is 2. The van der Waals surface area contributed by atoms with Crippen molar-refractivity contribution in [1.29, 1.82) is 0 Å². The zero-order chi connectivity index (χ0) is 21.5. The molecular weight excluding hydrogens is 517 g/mol. The van der Waals surface area contributed by atoms with Crippen molar-refractivity contribution >= 4 is 41.5 Å². The summed E-state index contributed by atoms with van der Waals surface area (Å²) in [5.74, 6) is 1.33. The summed E-state index contributed by atoms with van der Waals surface area (Å²) < 4.78 is 5.50. The van der Waals surface area contributed by atoms with Gasteiger partial charge in [-0.3, -0.25) is 9.69 Å². The van der Waals surface area contributed by atoms with Crippen molar-refractivity contribution in [2.45, 2.75) is 51.6 Å². The molecule has 1 aromatic rings. The van der Waals surface area contributed by atoms with Gasteiger partial charge in [-0.2, -0.15) is 0 Å². The Bertz CT molecular complexity index is 763. The fourth-order valence-electron chi connectivity index (χ4n) is 4.95. The summed E-state index contributed by atoms with van der Waals surface area (Å²) in [5, 5.41) is 6.57. The average Bonchev–Trinajstić information content (AvgIpc) is 3.50. The number of morpholine rings is 1. The molecule has 1 saturated carbocycles. The Kier molecular flexibility index (Phi) is 10.1. The molecule has 0 bridgehead atoms. The van der Waals surface area contributed by atoms with Crippen LogP contribution in [0, 0.1) is 5.92 Å². The molecule has 178 valence electrons. The van der Waals surface area contributed by atoms with Gasteiger partial charge >= 0.3 is 0 Å². The molecule has 0 radical (unpaired) electrons. The molecule has 0 spiro atoms. The van der Waals surface area contributed by atoms with Crippen molar-refractivity contribution < 1.29 is 9.53 Å². The largest absolute Gasteiger partial charge is 0.379 e. The first kappa shape index (κ1) is 25.2. The average molecular weight is 556 g/mol. The van der Waals surface area contributed by atoms with Crippen LogP contribution in [0.1, 0.15) is 44.6 Å². The van der Waals surface area contributed by atoms with E-state index < -0.39 is 0 Å². The van der Waals surface area contributed by atoms with Crippen molar-refractivity contribution in [2.24, 2.45) is 10.9 Å². The lowest BCUT2D eigenvalue weighted by Gasteiger charge is -2.32. The fourth-order valence-corrected chi connectivity index (χ4v) is 4.95. The van der Waals surface area contributed by atoms with E-state index in [-0.39, 0.29) is 35.8 Å². The minimum atomic E-state index is 0. The van der Waals surface area contributed by atoms with Gasteiger partial charge in [0.05, 0.1) is 19.8 Å². The minimum Gasteiger partial charge on any atom is -0.379 e. The molecule has 2 N–H and O–H groups in total. The van der Waals surface area contributed by atoms with E-state index in [1.54, 1.807) is 0 Å². The molecule has 2 heterocycles. The number of halogens is 1. The van der Waals surface area contributed by atoms with Crippen molar-refractivity contribution in [3.05, 3.63) is 29.8 Å². The molecular formula is C24H38IN5O2. The lowest BCUT2D eigenvalue weighted by molar-refractivity contribution is -0.119. The van der Waals surface area contributed by atoms with Crippen LogP contribution >= 0.6 is 24.0 Å². The van der Waals surface area contributed by atoms with Gasteiger partial charge in [0.2, 0.25) is 5.91 Å². The van der Waals surface area contributed by atoms with Gasteiger partial charge in [-0.05, 0) is 43.9 Å².